The van der Waals surface area contributed by atoms with Crippen molar-refractivity contribution in [3.63, 3.8) is 0 Å². The molecule has 3 aromatic heterocycles. The standard InChI is InChI=1S/C26H26ClFN6O3/c1-33-14-18(13-30-33)25(17-2-3-21(27)22(28)10-17)34-8-5-16(11-24(34)36)23-4-7-29-26(32-23)31-19-6-9-37-20(12-19)15-35/h2-5,7-8,10-11,13-14,19-20,25,35H,6,9,12,15H2,1H3,(H,29,31,32)/t19-,20+,25?/m0/s1. The molecule has 5 rings (SSSR count). The van der Waals surface area contributed by atoms with Crippen LogP contribution >= 0.6 is 11.6 Å². The summed E-state index contributed by atoms with van der Waals surface area (Å²) in [5, 5.41) is 16.9. The van der Waals surface area contributed by atoms with Crippen LogP contribution in [0.5, 0.6) is 0 Å². The van der Waals surface area contributed by atoms with Crippen molar-refractivity contribution in [3.8, 4) is 11.3 Å². The summed E-state index contributed by atoms with van der Waals surface area (Å²) < 4.78 is 23.0. The highest BCUT2D eigenvalue weighted by molar-refractivity contribution is 6.30. The van der Waals surface area contributed by atoms with Gasteiger partial charge >= 0.3 is 0 Å². The number of rotatable bonds is 7. The number of hydrogen-bond donors (Lipinski definition) is 2. The van der Waals surface area contributed by atoms with E-state index in [2.05, 4.69) is 20.4 Å². The van der Waals surface area contributed by atoms with E-state index in [1.807, 2.05) is 0 Å². The fourth-order valence-corrected chi connectivity index (χ4v) is 4.67. The summed E-state index contributed by atoms with van der Waals surface area (Å²) in [7, 11) is 1.78. The van der Waals surface area contributed by atoms with Gasteiger partial charge in [-0.3, -0.25) is 9.48 Å². The second-order valence-corrected chi connectivity index (χ2v) is 9.40. The molecule has 0 spiro atoms. The number of aliphatic hydroxyl groups excluding tert-OH is 1. The Morgan fingerprint density at radius 3 is 2.86 bits per heavy atom. The highest BCUT2D eigenvalue weighted by Crippen LogP contribution is 2.29. The van der Waals surface area contributed by atoms with E-state index in [1.54, 1.807) is 54.7 Å². The molecule has 1 fully saturated rings. The van der Waals surface area contributed by atoms with Gasteiger partial charge in [-0.2, -0.15) is 5.10 Å². The Balaban J connectivity index is 1.45. The largest absolute Gasteiger partial charge is 0.394 e. The first-order chi connectivity index (χ1) is 17.9. The third-order valence-corrected chi connectivity index (χ3v) is 6.69. The molecule has 0 radical (unpaired) electrons. The van der Waals surface area contributed by atoms with Crippen LogP contribution in [0, 0.1) is 5.82 Å². The van der Waals surface area contributed by atoms with Crippen LogP contribution in [-0.4, -0.2) is 54.8 Å². The molecule has 11 heteroatoms. The minimum absolute atomic E-state index is 0.0113. The number of nitrogens with one attached hydrogen (secondary N) is 1. The number of nitrogens with zero attached hydrogens (tertiary/aromatic N) is 5. The molecule has 0 aliphatic carbocycles. The quantitative estimate of drug-likeness (QED) is 0.381. The minimum Gasteiger partial charge on any atom is -0.394 e. The molecule has 9 nitrogen and oxygen atoms in total. The van der Waals surface area contributed by atoms with Gasteiger partial charge in [0.25, 0.3) is 5.56 Å². The number of halogens is 2. The Bertz CT molecular complexity index is 1460. The third-order valence-electron chi connectivity index (χ3n) is 6.38. The van der Waals surface area contributed by atoms with Crippen LogP contribution < -0.4 is 10.9 Å². The highest BCUT2D eigenvalue weighted by Gasteiger charge is 2.23. The Morgan fingerprint density at radius 1 is 1.27 bits per heavy atom. The fourth-order valence-electron chi connectivity index (χ4n) is 4.55. The van der Waals surface area contributed by atoms with Crippen LogP contribution in [0.25, 0.3) is 11.3 Å². The summed E-state index contributed by atoms with van der Waals surface area (Å²) in [6.07, 6.45) is 7.97. The van der Waals surface area contributed by atoms with Crippen LogP contribution in [0.15, 0.2) is 66.0 Å². The summed E-state index contributed by atoms with van der Waals surface area (Å²) in [5.74, 6) is -0.122. The predicted octanol–water partition coefficient (Wildman–Crippen LogP) is 3.42. The molecule has 1 unspecified atom stereocenters. The molecule has 4 aromatic rings. The van der Waals surface area contributed by atoms with Gasteiger partial charge in [0.15, 0.2) is 0 Å². The lowest BCUT2D eigenvalue weighted by Crippen LogP contribution is -2.36. The highest BCUT2D eigenvalue weighted by atomic mass is 35.5. The van der Waals surface area contributed by atoms with Gasteiger partial charge in [-0.15, -0.1) is 0 Å². The first-order valence-electron chi connectivity index (χ1n) is 11.9. The SMILES string of the molecule is Cn1cc(C(c2ccc(Cl)c(F)c2)n2ccc(-c3ccnc(N[C@H]4CCO[C@@H](CO)C4)n3)cc2=O)cn1. The van der Waals surface area contributed by atoms with Crippen molar-refractivity contribution < 1.29 is 14.2 Å². The number of aromatic nitrogens is 5. The Morgan fingerprint density at radius 2 is 2.14 bits per heavy atom. The van der Waals surface area contributed by atoms with Gasteiger partial charge in [-0.1, -0.05) is 17.7 Å². The molecular formula is C26H26ClFN6O3. The molecule has 3 atom stereocenters. The summed E-state index contributed by atoms with van der Waals surface area (Å²) in [6, 6.07) is 9.01. The molecule has 0 saturated carbocycles. The Hall–Kier alpha value is -3.60. The van der Waals surface area contributed by atoms with E-state index in [1.165, 1.54) is 22.8 Å². The fraction of sp³-hybridized carbons (Fsp3) is 0.308. The number of ether oxygens (including phenoxy) is 1. The van der Waals surface area contributed by atoms with Crippen molar-refractivity contribution in [1.82, 2.24) is 24.3 Å². The molecule has 192 valence electrons. The van der Waals surface area contributed by atoms with Gasteiger partial charge in [0.1, 0.15) is 5.82 Å². The molecule has 1 aliphatic rings. The molecule has 1 aromatic carbocycles. The number of aliphatic hydroxyl groups is 1. The van der Waals surface area contributed by atoms with Crippen LogP contribution in [0.3, 0.4) is 0 Å². The van der Waals surface area contributed by atoms with Crippen molar-refractivity contribution in [3.05, 3.63) is 93.5 Å². The van der Waals surface area contributed by atoms with E-state index in [-0.39, 0.29) is 29.3 Å². The zero-order valence-electron chi connectivity index (χ0n) is 20.1. The predicted molar refractivity (Wildman–Crippen MR) is 137 cm³/mol. The topological polar surface area (TPSA) is 107 Å². The van der Waals surface area contributed by atoms with E-state index in [0.717, 1.165) is 12.0 Å². The minimum atomic E-state index is -0.599. The van der Waals surface area contributed by atoms with Gasteiger partial charge in [0.05, 0.1) is 35.7 Å². The normalized spacial score (nSPS) is 18.5. The lowest BCUT2D eigenvalue weighted by atomic mass is 10.0. The van der Waals surface area contributed by atoms with Gasteiger partial charge in [0, 0.05) is 55.5 Å². The lowest BCUT2D eigenvalue weighted by molar-refractivity contribution is -0.0213. The maximum Gasteiger partial charge on any atom is 0.252 e. The second kappa shape index (κ2) is 10.8. The van der Waals surface area contributed by atoms with E-state index >= 15 is 0 Å². The maximum atomic E-state index is 14.3. The maximum absolute atomic E-state index is 14.3. The number of aryl methyl sites for hydroxylation is 1. The molecule has 2 N–H and O–H groups in total. The first kappa shape index (κ1) is 25.1. The average Bonchev–Trinajstić information content (AvgIpc) is 3.33. The first-order valence-corrected chi connectivity index (χ1v) is 12.3. The summed E-state index contributed by atoms with van der Waals surface area (Å²) in [5.41, 5.74) is 2.22. The Kier molecular flexibility index (Phi) is 7.31. The molecule has 0 amide bonds. The molecule has 37 heavy (non-hydrogen) atoms. The van der Waals surface area contributed by atoms with Crippen molar-refractivity contribution in [1.29, 1.82) is 0 Å². The van der Waals surface area contributed by atoms with Gasteiger partial charge in [0.2, 0.25) is 5.95 Å². The van der Waals surface area contributed by atoms with Gasteiger partial charge in [-0.05, 0) is 42.7 Å². The number of pyridine rings is 1. The van der Waals surface area contributed by atoms with Crippen LogP contribution in [0.1, 0.15) is 30.0 Å². The molecule has 4 heterocycles. The zero-order chi connectivity index (χ0) is 25.9. The lowest BCUT2D eigenvalue weighted by Gasteiger charge is -2.29. The smallest absolute Gasteiger partial charge is 0.252 e. The second-order valence-electron chi connectivity index (χ2n) is 8.99. The average molecular weight is 525 g/mol. The van der Waals surface area contributed by atoms with Crippen LogP contribution in [0.4, 0.5) is 10.3 Å². The van der Waals surface area contributed by atoms with Crippen LogP contribution in [-0.2, 0) is 11.8 Å². The molecule has 1 aliphatic heterocycles. The molecular weight excluding hydrogens is 499 g/mol. The number of anilines is 1. The summed E-state index contributed by atoms with van der Waals surface area (Å²) >= 11 is 5.90. The van der Waals surface area contributed by atoms with Crippen molar-refractivity contribution in [2.75, 3.05) is 18.5 Å². The van der Waals surface area contributed by atoms with Gasteiger partial charge in [-0.25, -0.2) is 14.4 Å². The third kappa shape index (κ3) is 5.56. The summed E-state index contributed by atoms with van der Waals surface area (Å²) in [6.45, 7) is 0.522. The number of benzene rings is 1. The van der Waals surface area contributed by atoms with Crippen molar-refractivity contribution >= 4 is 17.5 Å². The number of hydrogen-bond acceptors (Lipinski definition) is 7. The van der Waals surface area contributed by atoms with E-state index in [0.29, 0.717) is 35.8 Å². The van der Waals surface area contributed by atoms with Crippen LogP contribution in [0.2, 0.25) is 5.02 Å². The van der Waals surface area contributed by atoms with Crippen molar-refractivity contribution in [2.45, 2.75) is 31.0 Å². The van der Waals surface area contributed by atoms with Gasteiger partial charge < -0.3 is 19.7 Å². The van der Waals surface area contributed by atoms with Crippen molar-refractivity contribution in [2.24, 2.45) is 7.05 Å². The molecule has 0 bridgehead atoms. The van der Waals surface area contributed by atoms with E-state index in [9.17, 15) is 14.3 Å². The van der Waals surface area contributed by atoms with E-state index < -0.39 is 11.9 Å². The van der Waals surface area contributed by atoms with E-state index in [4.69, 9.17) is 16.3 Å². The summed E-state index contributed by atoms with van der Waals surface area (Å²) in [4.78, 5) is 22.3. The molecule has 1 saturated heterocycles. The zero-order valence-corrected chi connectivity index (χ0v) is 20.8. The monoisotopic (exact) mass is 524 g/mol. The Labute approximate surface area is 217 Å².